The SMILES string of the molecule is CC1(C)[C@H](C(=O)O)[C@@H]1C=CC(F)(F)F. The number of carboxylic acid groups (broad SMARTS) is 1. The van der Waals surface area contributed by atoms with Gasteiger partial charge in [-0.15, -0.1) is 0 Å². The molecular formula is C9H11F3O2. The number of allylic oxidation sites excluding steroid dienone is 2. The number of rotatable bonds is 2. The lowest BCUT2D eigenvalue weighted by Crippen LogP contribution is -2.03. The van der Waals surface area contributed by atoms with E-state index < -0.39 is 29.4 Å². The largest absolute Gasteiger partial charge is 0.481 e. The van der Waals surface area contributed by atoms with E-state index in [0.717, 1.165) is 6.08 Å². The topological polar surface area (TPSA) is 37.3 Å². The predicted octanol–water partition coefficient (Wildman–Crippen LogP) is 2.46. The van der Waals surface area contributed by atoms with Crippen LogP contribution in [0, 0.1) is 17.3 Å². The summed E-state index contributed by atoms with van der Waals surface area (Å²) in [5, 5.41) is 8.67. The van der Waals surface area contributed by atoms with Gasteiger partial charge in [0.05, 0.1) is 5.92 Å². The number of halogens is 3. The molecule has 1 N–H and O–H groups in total. The number of hydrogen-bond donors (Lipinski definition) is 1. The predicted molar refractivity (Wildman–Crippen MR) is 43.6 cm³/mol. The molecule has 0 unspecified atom stereocenters. The quantitative estimate of drug-likeness (QED) is 0.708. The highest BCUT2D eigenvalue weighted by molar-refractivity contribution is 5.76. The van der Waals surface area contributed by atoms with Crippen molar-refractivity contribution in [3.05, 3.63) is 12.2 Å². The molecule has 1 aliphatic rings. The van der Waals surface area contributed by atoms with Gasteiger partial charge < -0.3 is 5.11 Å². The Morgan fingerprint density at radius 3 is 2.21 bits per heavy atom. The number of alkyl halides is 3. The van der Waals surface area contributed by atoms with Crippen LogP contribution >= 0.6 is 0 Å². The van der Waals surface area contributed by atoms with Gasteiger partial charge in [0.25, 0.3) is 0 Å². The van der Waals surface area contributed by atoms with E-state index in [1.807, 2.05) is 0 Å². The summed E-state index contributed by atoms with van der Waals surface area (Å²) < 4.78 is 35.4. The summed E-state index contributed by atoms with van der Waals surface area (Å²) in [7, 11) is 0. The fraction of sp³-hybridized carbons (Fsp3) is 0.667. The molecule has 0 aromatic carbocycles. The first kappa shape index (κ1) is 11.1. The second kappa shape index (κ2) is 3.00. The lowest BCUT2D eigenvalue weighted by molar-refractivity contribution is -0.139. The molecule has 5 heteroatoms. The van der Waals surface area contributed by atoms with Crippen molar-refractivity contribution in [1.29, 1.82) is 0 Å². The van der Waals surface area contributed by atoms with E-state index in [0.29, 0.717) is 0 Å². The Morgan fingerprint density at radius 2 is 1.93 bits per heavy atom. The van der Waals surface area contributed by atoms with Gasteiger partial charge >= 0.3 is 12.1 Å². The third-order valence-electron chi connectivity index (χ3n) is 2.67. The minimum atomic E-state index is -4.36. The van der Waals surface area contributed by atoms with Gasteiger partial charge in [0.15, 0.2) is 0 Å². The Kier molecular flexibility index (Phi) is 2.37. The molecule has 1 aliphatic carbocycles. The summed E-state index contributed by atoms with van der Waals surface area (Å²) in [6.07, 6.45) is -3.30. The van der Waals surface area contributed by atoms with Gasteiger partial charge in [-0.2, -0.15) is 13.2 Å². The van der Waals surface area contributed by atoms with E-state index in [1.54, 1.807) is 13.8 Å². The van der Waals surface area contributed by atoms with Gasteiger partial charge in [-0.3, -0.25) is 4.79 Å². The van der Waals surface area contributed by atoms with Gasteiger partial charge in [0.1, 0.15) is 0 Å². The fourth-order valence-corrected chi connectivity index (χ4v) is 1.72. The van der Waals surface area contributed by atoms with Gasteiger partial charge in [0, 0.05) is 6.08 Å². The Morgan fingerprint density at radius 1 is 1.43 bits per heavy atom. The lowest BCUT2D eigenvalue weighted by atomic mass is 10.1. The number of hydrogen-bond acceptors (Lipinski definition) is 1. The molecule has 2 nitrogen and oxygen atoms in total. The number of carbonyl (C=O) groups is 1. The highest BCUT2D eigenvalue weighted by Crippen LogP contribution is 2.59. The molecule has 1 fully saturated rings. The van der Waals surface area contributed by atoms with Crippen molar-refractivity contribution in [3.63, 3.8) is 0 Å². The molecule has 0 aromatic heterocycles. The van der Waals surface area contributed by atoms with Crippen LogP contribution in [0.1, 0.15) is 13.8 Å². The van der Waals surface area contributed by atoms with Crippen LogP contribution in [0.2, 0.25) is 0 Å². The molecule has 0 heterocycles. The minimum absolute atomic E-state index is 0.113. The van der Waals surface area contributed by atoms with Crippen LogP contribution in [0.3, 0.4) is 0 Å². The maximum atomic E-state index is 11.8. The van der Waals surface area contributed by atoms with E-state index in [2.05, 4.69) is 0 Å². The zero-order valence-electron chi connectivity index (χ0n) is 7.80. The van der Waals surface area contributed by atoms with Crippen molar-refractivity contribution in [3.8, 4) is 0 Å². The average Bonchev–Trinajstić information content (AvgIpc) is 2.47. The second-order valence-electron chi connectivity index (χ2n) is 4.06. The van der Waals surface area contributed by atoms with Gasteiger partial charge in [-0.05, 0) is 11.3 Å². The molecule has 80 valence electrons. The molecule has 2 atom stereocenters. The third kappa shape index (κ3) is 2.08. The Hall–Kier alpha value is -1.00. The Labute approximate surface area is 79.4 Å². The van der Waals surface area contributed by atoms with Crippen LogP contribution in [-0.2, 0) is 4.79 Å². The third-order valence-corrected chi connectivity index (χ3v) is 2.67. The zero-order chi connectivity index (χ0) is 11.1. The van der Waals surface area contributed by atoms with Crippen molar-refractivity contribution in [2.45, 2.75) is 20.0 Å². The lowest BCUT2D eigenvalue weighted by Gasteiger charge is -1.98. The van der Waals surface area contributed by atoms with E-state index in [-0.39, 0.29) is 6.08 Å². The van der Waals surface area contributed by atoms with Crippen molar-refractivity contribution in [1.82, 2.24) is 0 Å². The standard InChI is InChI=1S/C9H11F3O2/c1-8(2)5(6(8)7(13)14)3-4-9(10,11)12/h3-6H,1-2H3,(H,13,14)/t5-,6-/m0/s1. The summed E-state index contributed by atoms with van der Waals surface area (Å²) in [5.74, 6) is -2.24. The summed E-state index contributed by atoms with van der Waals surface area (Å²) >= 11 is 0. The van der Waals surface area contributed by atoms with E-state index in [9.17, 15) is 18.0 Å². The molecule has 0 aliphatic heterocycles. The fourth-order valence-electron chi connectivity index (χ4n) is 1.72. The van der Waals surface area contributed by atoms with Crippen LogP contribution in [0.15, 0.2) is 12.2 Å². The normalized spacial score (nSPS) is 30.6. The molecule has 14 heavy (non-hydrogen) atoms. The summed E-state index contributed by atoms with van der Waals surface area (Å²) in [4.78, 5) is 10.6. The van der Waals surface area contributed by atoms with Crippen molar-refractivity contribution in [2.24, 2.45) is 17.3 Å². The maximum Gasteiger partial charge on any atom is 0.409 e. The molecular weight excluding hydrogens is 197 g/mol. The van der Waals surface area contributed by atoms with E-state index in [1.165, 1.54) is 0 Å². The number of aliphatic carboxylic acids is 1. The average molecular weight is 208 g/mol. The first-order valence-corrected chi connectivity index (χ1v) is 4.15. The van der Waals surface area contributed by atoms with Crippen molar-refractivity contribution in [2.75, 3.05) is 0 Å². The maximum absolute atomic E-state index is 11.8. The first-order chi connectivity index (χ1) is 6.16. The Bertz CT molecular complexity index is 278. The summed E-state index contributed by atoms with van der Waals surface area (Å²) in [6.45, 7) is 3.30. The molecule has 0 spiro atoms. The monoisotopic (exact) mass is 208 g/mol. The molecule has 0 saturated heterocycles. The van der Waals surface area contributed by atoms with Crippen LogP contribution < -0.4 is 0 Å². The summed E-state index contributed by atoms with van der Waals surface area (Å²) in [5.41, 5.74) is -0.562. The van der Waals surface area contributed by atoms with Crippen molar-refractivity contribution >= 4 is 5.97 Å². The molecule has 0 aromatic rings. The van der Waals surface area contributed by atoms with Gasteiger partial charge in [-0.25, -0.2) is 0 Å². The zero-order valence-corrected chi connectivity index (χ0v) is 7.80. The number of carboxylic acids is 1. The molecule has 1 saturated carbocycles. The Balaban J connectivity index is 2.67. The summed E-state index contributed by atoms with van der Waals surface area (Å²) in [6, 6.07) is 0. The van der Waals surface area contributed by atoms with Crippen LogP contribution in [0.5, 0.6) is 0 Å². The highest BCUT2D eigenvalue weighted by atomic mass is 19.4. The molecule has 0 radical (unpaired) electrons. The highest BCUT2D eigenvalue weighted by Gasteiger charge is 2.60. The smallest absolute Gasteiger partial charge is 0.409 e. The van der Waals surface area contributed by atoms with Crippen molar-refractivity contribution < 1.29 is 23.1 Å². The molecule has 1 rings (SSSR count). The second-order valence-corrected chi connectivity index (χ2v) is 4.06. The first-order valence-electron chi connectivity index (χ1n) is 4.15. The van der Waals surface area contributed by atoms with Gasteiger partial charge in [-0.1, -0.05) is 19.9 Å². The van der Waals surface area contributed by atoms with Crippen LogP contribution in [0.4, 0.5) is 13.2 Å². The van der Waals surface area contributed by atoms with Gasteiger partial charge in [0.2, 0.25) is 0 Å². The van der Waals surface area contributed by atoms with E-state index in [4.69, 9.17) is 5.11 Å². The van der Waals surface area contributed by atoms with E-state index >= 15 is 0 Å². The minimum Gasteiger partial charge on any atom is -0.481 e. The molecule has 0 amide bonds. The molecule has 0 bridgehead atoms. The van der Waals surface area contributed by atoms with Crippen LogP contribution in [-0.4, -0.2) is 17.3 Å². The van der Waals surface area contributed by atoms with Crippen LogP contribution in [0.25, 0.3) is 0 Å².